The molecule has 2 nitrogen and oxygen atoms in total. The number of ketones is 1. The lowest BCUT2D eigenvalue weighted by Gasteiger charge is -2.05. The number of aromatic nitrogens is 1. The Morgan fingerprint density at radius 3 is 2.72 bits per heavy atom. The summed E-state index contributed by atoms with van der Waals surface area (Å²) in [6, 6.07) is 5.46. The van der Waals surface area contributed by atoms with E-state index in [1.807, 2.05) is 0 Å². The minimum atomic E-state index is -0.699. The lowest BCUT2D eigenvalue weighted by molar-refractivity contribution is 0.0989. The van der Waals surface area contributed by atoms with Gasteiger partial charge in [-0.25, -0.2) is 8.78 Å². The van der Waals surface area contributed by atoms with E-state index in [9.17, 15) is 13.6 Å². The third kappa shape index (κ3) is 2.54. The number of rotatable bonds is 3. The Hall–Kier alpha value is -1.81. The average Bonchev–Trinajstić information content (AvgIpc) is 2.35. The molecule has 0 aliphatic carbocycles. The van der Waals surface area contributed by atoms with E-state index in [4.69, 9.17) is 11.6 Å². The Bertz CT molecular complexity index is 601. The van der Waals surface area contributed by atoms with Crippen molar-refractivity contribution in [2.45, 2.75) is 6.42 Å². The molecule has 1 aromatic heterocycles. The van der Waals surface area contributed by atoms with E-state index in [-0.39, 0.29) is 17.0 Å². The van der Waals surface area contributed by atoms with Gasteiger partial charge in [-0.15, -0.1) is 0 Å². The van der Waals surface area contributed by atoms with Gasteiger partial charge in [0.15, 0.2) is 11.6 Å². The number of carbonyl (C=O) groups excluding carboxylic acids is 1. The zero-order valence-electron chi connectivity index (χ0n) is 9.16. The molecule has 0 spiro atoms. The second-order valence-corrected chi connectivity index (χ2v) is 4.05. The Balaban J connectivity index is 2.27. The van der Waals surface area contributed by atoms with Crippen molar-refractivity contribution in [2.75, 3.05) is 0 Å². The summed E-state index contributed by atoms with van der Waals surface area (Å²) in [7, 11) is 0. The maximum absolute atomic E-state index is 13.3. The van der Waals surface area contributed by atoms with Crippen LogP contribution in [0.25, 0.3) is 0 Å². The van der Waals surface area contributed by atoms with E-state index >= 15 is 0 Å². The van der Waals surface area contributed by atoms with Crippen LogP contribution in [0, 0.1) is 11.6 Å². The number of nitrogens with zero attached hydrogens (tertiary/aromatic N) is 1. The van der Waals surface area contributed by atoms with E-state index in [1.54, 1.807) is 0 Å². The second-order valence-electron chi connectivity index (χ2n) is 3.67. The van der Waals surface area contributed by atoms with Crippen molar-refractivity contribution in [2.24, 2.45) is 0 Å². The Morgan fingerprint density at radius 1 is 1.22 bits per heavy atom. The number of benzene rings is 1. The molecule has 0 amide bonds. The second kappa shape index (κ2) is 5.23. The number of hydrogen-bond acceptors (Lipinski definition) is 2. The molecule has 0 radical (unpaired) electrons. The summed E-state index contributed by atoms with van der Waals surface area (Å²) < 4.78 is 26.5. The first-order valence-corrected chi connectivity index (χ1v) is 5.53. The van der Waals surface area contributed by atoms with E-state index in [0.29, 0.717) is 5.56 Å². The molecular weight excluding hydrogens is 260 g/mol. The van der Waals surface area contributed by atoms with Crippen LogP contribution in [0.5, 0.6) is 0 Å². The quantitative estimate of drug-likeness (QED) is 0.798. The van der Waals surface area contributed by atoms with Crippen LogP contribution in [0.15, 0.2) is 36.7 Å². The average molecular weight is 268 g/mol. The van der Waals surface area contributed by atoms with Crippen LogP contribution in [-0.2, 0) is 6.42 Å². The van der Waals surface area contributed by atoms with Gasteiger partial charge in [-0.05, 0) is 17.7 Å². The highest BCUT2D eigenvalue weighted by atomic mass is 35.5. The van der Waals surface area contributed by atoms with Gasteiger partial charge < -0.3 is 0 Å². The summed E-state index contributed by atoms with van der Waals surface area (Å²) in [5.74, 6) is -1.77. The lowest BCUT2D eigenvalue weighted by Crippen LogP contribution is -2.07. The van der Waals surface area contributed by atoms with Crippen LogP contribution in [-0.4, -0.2) is 10.8 Å². The summed E-state index contributed by atoms with van der Waals surface area (Å²) in [6.07, 6.45) is 2.13. The van der Waals surface area contributed by atoms with Crippen LogP contribution in [0.1, 0.15) is 15.9 Å². The SMILES string of the molecule is O=C(Cc1cccc(F)c1Cl)c1ccncc1F. The standard InChI is InChI=1S/C13H8ClF2NO/c14-13-8(2-1-3-10(13)15)6-12(18)9-4-5-17-7-11(9)16/h1-5,7H,6H2. The van der Waals surface area contributed by atoms with Gasteiger partial charge in [0.1, 0.15) is 5.82 Å². The number of halogens is 3. The first-order valence-electron chi connectivity index (χ1n) is 5.15. The predicted octanol–water partition coefficient (Wildman–Crippen LogP) is 3.44. The zero-order chi connectivity index (χ0) is 13.1. The molecule has 0 aliphatic heterocycles. The maximum Gasteiger partial charge on any atom is 0.170 e. The molecular formula is C13H8ClF2NO. The highest BCUT2D eigenvalue weighted by Crippen LogP contribution is 2.21. The van der Waals surface area contributed by atoms with Crippen LogP contribution in [0.3, 0.4) is 0 Å². The number of Topliss-reactive ketones (excluding diaryl/α,β-unsaturated/α-hetero) is 1. The summed E-state index contributed by atoms with van der Waals surface area (Å²) >= 11 is 5.73. The lowest BCUT2D eigenvalue weighted by atomic mass is 10.0. The highest BCUT2D eigenvalue weighted by Gasteiger charge is 2.15. The number of carbonyl (C=O) groups is 1. The largest absolute Gasteiger partial charge is 0.294 e. The van der Waals surface area contributed by atoms with Crippen LogP contribution < -0.4 is 0 Å². The Labute approximate surface area is 107 Å². The highest BCUT2D eigenvalue weighted by molar-refractivity contribution is 6.31. The van der Waals surface area contributed by atoms with Crippen molar-refractivity contribution in [3.63, 3.8) is 0 Å². The first kappa shape index (κ1) is 12.6. The van der Waals surface area contributed by atoms with Gasteiger partial charge >= 0.3 is 0 Å². The zero-order valence-corrected chi connectivity index (χ0v) is 9.92. The van der Waals surface area contributed by atoms with Gasteiger partial charge in [-0.2, -0.15) is 0 Å². The predicted molar refractivity (Wildman–Crippen MR) is 63.6 cm³/mol. The molecule has 2 aromatic rings. The third-order valence-electron chi connectivity index (χ3n) is 2.46. The molecule has 0 atom stereocenters. The minimum absolute atomic E-state index is 0.0784. The number of pyridine rings is 1. The first-order chi connectivity index (χ1) is 8.59. The van der Waals surface area contributed by atoms with E-state index < -0.39 is 17.4 Å². The molecule has 18 heavy (non-hydrogen) atoms. The van der Waals surface area contributed by atoms with Gasteiger partial charge in [0.2, 0.25) is 0 Å². The molecule has 92 valence electrons. The molecule has 2 rings (SSSR count). The molecule has 0 fully saturated rings. The normalized spacial score (nSPS) is 10.4. The molecule has 0 bridgehead atoms. The van der Waals surface area contributed by atoms with Crippen molar-refractivity contribution in [3.8, 4) is 0 Å². The molecule has 0 saturated heterocycles. The van der Waals surface area contributed by atoms with Gasteiger partial charge in [-0.1, -0.05) is 23.7 Å². The van der Waals surface area contributed by atoms with Crippen LogP contribution >= 0.6 is 11.6 Å². The molecule has 0 aliphatic rings. The summed E-state index contributed by atoms with van der Waals surface area (Å²) in [5.41, 5.74) is 0.253. The van der Waals surface area contributed by atoms with Crippen molar-refractivity contribution in [1.82, 2.24) is 4.98 Å². The van der Waals surface area contributed by atoms with Crippen molar-refractivity contribution in [1.29, 1.82) is 0 Å². The van der Waals surface area contributed by atoms with Crippen LogP contribution in [0.4, 0.5) is 8.78 Å². The fraction of sp³-hybridized carbons (Fsp3) is 0.0769. The minimum Gasteiger partial charge on any atom is -0.294 e. The van der Waals surface area contributed by atoms with E-state index in [2.05, 4.69) is 4.98 Å². The van der Waals surface area contributed by atoms with E-state index in [1.165, 1.54) is 30.5 Å². The van der Waals surface area contributed by atoms with Crippen LogP contribution in [0.2, 0.25) is 5.02 Å². The van der Waals surface area contributed by atoms with E-state index in [0.717, 1.165) is 6.20 Å². The van der Waals surface area contributed by atoms with Crippen molar-refractivity contribution in [3.05, 3.63) is 64.4 Å². The van der Waals surface area contributed by atoms with Crippen molar-refractivity contribution >= 4 is 17.4 Å². The fourth-order valence-corrected chi connectivity index (χ4v) is 1.75. The smallest absolute Gasteiger partial charge is 0.170 e. The van der Waals surface area contributed by atoms with Crippen molar-refractivity contribution < 1.29 is 13.6 Å². The summed E-state index contributed by atoms with van der Waals surface area (Å²) in [4.78, 5) is 15.4. The summed E-state index contributed by atoms with van der Waals surface area (Å²) in [5, 5.41) is -0.111. The van der Waals surface area contributed by atoms with Gasteiger partial charge in [0, 0.05) is 12.6 Å². The molecule has 0 N–H and O–H groups in total. The molecule has 0 saturated carbocycles. The van der Waals surface area contributed by atoms with Gasteiger partial charge in [0.25, 0.3) is 0 Å². The number of hydrogen-bond donors (Lipinski definition) is 0. The molecule has 0 unspecified atom stereocenters. The Kier molecular flexibility index (Phi) is 3.67. The Morgan fingerprint density at radius 2 is 2.00 bits per heavy atom. The third-order valence-corrected chi connectivity index (χ3v) is 2.88. The molecule has 5 heteroatoms. The summed E-state index contributed by atoms with van der Waals surface area (Å²) in [6.45, 7) is 0. The van der Waals surface area contributed by atoms with Gasteiger partial charge in [0.05, 0.1) is 16.8 Å². The topological polar surface area (TPSA) is 30.0 Å². The van der Waals surface area contributed by atoms with Gasteiger partial charge in [-0.3, -0.25) is 9.78 Å². The molecule has 1 heterocycles. The molecule has 1 aromatic carbocycles. The monoisotopic (exact) mass is 267 g/mol. The fourth-order valence-electron chi connectivity index (χ4n) is 1.55. The maximum atomic E-state index is 13.3.